The Bertz CT molecular complexity index is 1430. The van der Waals surface area contributed by atoms with Gasteiger partial charge in [0, 0.05) is 30.8 Å². The number of aromatic nitrogens is 3. The molecule has 2 aliphatic rings. The molecular formula is C28H33N5O4. The third-order valence-electron chi connectivity index (χ3n) is 7.02. The van der Waals surface area contributed by atoms with Gasteiger partial charge in [-0.25, -0.2) is 0 Å². The van der Waals surface area contributed by atoms with Crippen LogP contribution in [0.4, 0.5) is 0 Å². The van der Waals surface area contributed by atoms with Crippen LogP contribution < -0.4 is 10.9 Å². The van der Waals surface area contributed by atoms with E-state index in [0.717, 1.165) is 31.2 Å². The van der Waals surface area contributed by atoms with Gasteiger partial charge >= 0.3 is 0 Å². The van der Waals surface area contributed by atoms with E-state index in [1.165, 1.54) is 10.6 Å². The highest BCUT2D eigenvalue weighted by Gasteiger charge is 2.31. The third-order valence-corrected chi connectivity index (χ3v) is 7.02. The topological polar surface area (TPSA) is 109 Å². The number of likely N-dealkylation sites (tertiary alicyclic amines) is 1. The molecule has 9 heteroatoms. The maximum atomic E-state index is 13.3. The van der Waals surface area contributed by atoms with Gasteiger partial charge in [-0.1, -0.05) is 44.2 Å². The summed E-state index contributed by atoms with van der Waals surface area (Å²) in [5.41, 5.74) is 1.58. The lowest BCUT2D eigenvalue weighted by Crippen LogP contribution is -2.34. The van der Waals surface area contributed by atoms with Crippen LogP contribution in [0.5, 0.6) is 5.88 Å². The molecule has 0 spiro atoms. The fraction of sp³-hybridized carbons (Fsp3) is 0.429. The smallest absolute Gasteiger partial charge is 0.291 e. The first-order chi connectivity index (χ1) is 17.8. The van der Waals surface area contributed by atoms with Crippen molar-refractivity contribution in [1.29, 1.82) is 0 Å². The number of hydrogen-bond acceptors (Lipinski definition) is 5. The highest BCUT2D eigenvalue weighted by atomic mass is 16.3. The summed E-state index contributed by atoms with van der Waals surface area (Å²) in [5, 5.41) is 18.3. The Morgan fingerprint density at radius 1 is 1.19 bits per heavy atom. The summed E-state index contributed by atoms with van der Waals surface area (Å²) in [6.45, 7) is 6.75. The van der Waals surface area contributed by atoms with E-state index in [0.29, 0.717) is 30.0 Å². The number of carbonyl (C=O) groups is 2. The first-order valence-electron chi connectivity index (χ1n) is 13.0. The number of aryl methyl sites for hydroxylation is 1. The summed E-state index contributed by atoms with van der Waals surface area (Å²) < 4.78 is 2.73. The van der Waals surface area contributed by atoms with Crippen molar-refractivity contribution in [2.24, 2.45) is 5.92 Å². The van der Waals surface area contributed by atoms with Crippen LogP contribution in [0.25, 0.3) is 11.7 Å². The van der Waals surface area contributed by atoms with Gasteiger partial charge < -0.3 is 15.3 Å². The van der Waals surface area contributed by atoms with E-state index >= 15 is 0 Å². The lowest BCUT2D eigenvalue weighted by Gasteiger charge is -2.23. The number of carbonyl (C=O) groups excluding carboxylic acids is 2. The Morgan fingerprint density at radius 3 is 2.59 bits per heavy atom. The van der Waals surface area contributed by atoms with Crippen LogP contribution in [0.2, 0.25) is 0 Å². The molecule has 1 aromatic carbocycles. The van der Waals surface area contributed by atoms with Crippen molar-refractivity contribution < 1.29 is 14.7 Å². The summed E-state index contributed by atoms with van der Waals surface area (Å²) in [6.07, 6.45) is 6.75. The van der Waals surface area contributed by atoms with Gasteiger partial charge in [-0.15, -0.1) is 0 Å². The molecule has 37 heavy (non-hydrogen) atoms. The second-order valence-electron chi connectivity index (χ2n) is 10.4. The molecule has 0 unspecified atom stereocenters. The summed E-state index contributed by atoms with van der Waals surface area (Å²) in [5.74, 6) is -0.978. The molecule has 3 aromatic rings. The molecule has 2 aromatic heterocycles. The predicted molar refractivity (Wildman–Crippen MR) is 140 cm³/mol. The van der Waals surface area contributed by atoms with Crippen molar-refractivity contribution in [1.82, 2.24) is 24.4 Å². The molecule has 0 radical (unpaired) electrons. The van der Waals surface area contributed by atoms with E-state index < -0.39 is 11.5 Å². The first-order valence-corrected chi connectivity index (χ1v) is 13.0. The van der Waals surface area contributed by atoms with Crippen LogP contribution in [-0.2, 0) is 11.3 Å². The van der Waals surface area contributed by atoms with Gasteiger partial charge in [0.15, 0.2) is 5.56 Å². The van der Waals surface area contributed by atoms with Crippen LogP contribution in [0.1, 0.15) is 72.8 Å². The molecule has 1 saturated carbocycles. The van der Waals surface area contributed by atoms with Gasteiger partial charge in [0.1, 0.15) is 5.65 Å². The zero-order chi connectivity index (χ0) is 26.3. The normalized spacial score (nSPS) is 17.8. The molecule has 2 fully saturated rings. The molecule has 1 saturated heterocycles. The molecule has 194 valence electrons. The number of nitrogens with zero attached hydrogens (tertiary/aromatic N) is 4. The molecule has 2 N–H and O–H groups in total. The number of nitrogens with one attached hydrogen (secondary N) is 1. The Labute approximate surface area is 215 Å². The van der Waals surface area contributed by atoms with Crippen molar-refractivity contribution in [2.45, 2.75) is 65.1 Å². The second-order valence-corrected chi connectivity index (χ2v) is 10.4. The van der Waals surface area contributed by atoms with E-state index in [9.17, 15) is 19.5 Å². The molecule has 2 amide bonds. The third kappa shape index (κ3) is 4.77. The molecule has 5 rings (SSSR count). The predicted octanol–water partition coefficient (Wildman–Crippen LogP) is 3.44. The minimum atomic E-state index is -0.677. The Morgan fingerprint density at radius 2 is 1.92 bits per heavy atom. The number of benzene rings is 1. The van der Waals surface area contributed by atoms with Crippen molar-refractivity contribution in [2.75, 3.05) is 6.54 Å². The Balaban J connectivity index is 1.54. The highest BCUT2D eigenvalue weighted by Crippen LogP contribution is 2.32. The van der Waals surface area contributed by atoms with Gasteiger partial charge in [-0.3, -0.25) is 19.0 Å². The molecule has 9 nitrogen and oxygen atoms in total. The summed E-state index contributed by atoms with van der Waals surface area (Å²) in [6, 6.07) is 10.1. The number of hydrogen-bond donors (Lipinski definition) is 2. The largest absolute Gasteiger partial charge is 0.494 e. The number of aromatic hydroxyl groups is 1. The molecular weight excluding hydrogens is 470 g/mol. The minimum absolute atomic E-state index is 0.0269. The van der Waals surface area contributed by atoms with Gasteiger partial charge in [-0.2, -0.15) is 9.61 Å². The van der Waals surface area contributed by atoms with Gasteiger partial charge in [0.2, 0.25) is 11.8 Å². The summed E-state index contributed by atoms with van der Waals surface area (Å²) >= 11 is 0. The summed E-state index contributed by atoms with van der Waals surface area (Å²) in [4.78, 5) is 41.3. The fourth-order valence-electron chi connectivity index (χ4n) is 5.08. The van der Waals surface area contributed by atoms with Crippen LogP contribution >= 0.6 is 0 Å². The molecule has 1 aliphatic carbocycles. The Kier molecular flexibility index (Phi) is 6.62. The number of amides is 2. The Hall–Kier alpha value is -3.88. The van der Waals surface area contributed by atoms with Crippen molar-refractivity contribution in [3.05, 3.63) is 69.1 Å². The number of fused-ring (bicyclic) bond motifs is 1. The van der Waals surface area contributed by atoms with Gasteiger partial charge in [0.25, 0.3) is 11.5 Å². The van der Waals surface area contributed by atoms with Crippen LogP contribution in [0.15, 0.2) is 41.2 Å². The van der Waals surface area contributed by atoms with E-state index in [4.69, 9.17) is 0 Å². The van der Waals surface area contributed by atoms with Crippen LogP contribution in [0, 0.1) is 12.8 Å². The standard InChI is InChI=1S/C28H33N5O4/c1-17(2)16-32-26-21(13-14-23(34)31-15-7-10-22(31)19-8-5-4-6-9-19)18(3)30-33(26)28(37)24(27(32)36)25(35)29-20-11-12-20/h4-6,8-9,13-14,17,20,22,36H,7,10-12,15-16H2,1-3H3,(H,29,35)/b14-13+/t22-/m0/s1. The quantitative estimate of drug-likeness (QED) is 0.480. The lowest BCUT2D eigenvalue weighted by molar-refractivity contribution is -0.126. The second kappa shape index (κ2) is 9.88. The van der Waals surface area contributed by atoms with Gasteiger partial charge in [0.05, 0.1) is 11.7 Å². The van der Waals surface area contributed by atoms with E-state index in [1.807, 2.05) is 49.1 Å². The van der Waals surface area contributed by atoms with Crippen LogP contribution in [-0.4, -0.2) is 48.6 Å². The average Bonchev–Trinajstić information content (AvgIpc) is 3.42. The van der Waals surface area contributed by atoms with E-state index in [2.05, 4.69) is 10.4 Å². The van der Waals surface area contributed by atoms with Crippen molar-refractivity contribution in [3.63, 3.8) is 0 Å². The van der Waals surface area contributed by atoms with Gasteiger partial charge in [-0.05, 0) is 50.2 Å². The minimum Gasteiger partial charge on any atom is -0.494 e. The fourth-order valence-corrected chi connectivity index (χ4v) is 5.08. The molecule has 1 aliphatic heterocycles. The maximum Gasteiger partial charge on any atom is 0.291 e. The highest BCUT2D eigenvalue weighted by molar-refractivity contribution is 5.97. The summed E-state index contributed by atoms with van der Waals surface area (Å²) in [7, 11) is 0. The maximum absolute atomic E-state index is 13.3. The number of rotatable bonds is 7. The van der Waals surface area contributed by atoms with E-state index in [1.54, 1.807) is 17.6 Å². The zero-order valence-corrected chi connectivity index (χ0v) is 21.5. The SMILES string of the molecule is Cc1nn2c(=O)c(C(=O)NC3CC3)c(O)n(CC(C)C)c2c1/C=C/C(=O)N1CCC[C@H]1c1ccccc1. The first kappa shape index (κ1) is 24.8. The molecule has 0 bridgehead atoms. The van der Waals surface area contributed by atoms with Crippen LogP contribution in [0.3, 0.4) is 0 Å². The average molecular weight is 504 g/mol. The van der Waals surface area contributed by atoms with Crippen molar-refractivity contribution >= 4 is 23.5 Å². The molecule has 3 heterocycles. The lowest BCUT2D eigenvalue weighted by atomic mass is 10.0. The van der Waals surface area contributed by atoms with Crippen molar-refractivity contribution in [3.8, 4) is 5.88 Å². The van der Waals surface area contributed by atoms with E-state index in [-0.39, 0.29) is 35.4 Å². The monoisotopic (exact) mass is 503 g/mol. The molecule has 1 atom stereocenters. The zero-order valence-electron chi connectivity index (χ0n) is 21.5.